The number of nitrogens with zero attached hydrogens (tertiary/aromatic N) is 1. The van der Waals surface area contributed by atoms with E-state index in [-0.39, 0.29) is 0 Å². The normalized spacial score (nSPS) is 13.7. The van der Waals surface area contributed by atoms with Crippen LogP contribution >= 0.6 is 0 Å². The number of aliphatic hydroxyl groups excluding tert-OH is 2. The highest BCUT2D eigenvalue weighted by Crippen LogP contribution is 2.08. The molecule has 0 fully saturated rings. The molecule has 0 aromatic rings. The van der Waals surface area contributed by atoms with Crippen molar-refractivity contribution >= 4 is 0 Å². The van der Waals surface area contributed by atoms with Crippen LogP contribution in [0.4, 0.5) is 0 Å². The Bertz CT molecular complexity index is 319. The summed E-state index contributed by atoms with van der Waals surface area (Å²) in [4.78, 5) is 2.19. The number of hydrogen-bond donors (Lipinski definition) is 2. The number of hydrogen-bond acceptors (Lipinski definition) is 5. The molecule has 0 aliphatic heterocycles. The minimum Gasteiger partial charge on any atom is -0.389 e. The Labute approximate surface area is 193 Å². The SMILES string of the molecule is CCCCCCCCN(CC(O)COCCCCCC)CC(O)COCCCCCC. The van der Waals surface area contributed by atoms with Crippen molar-refractivity contribution in [1.82, 2.24) is 4.90 Å². The fourth-order valence-corrected chi connectivity index (χ4v) is 3.77. The summed E-state index contributed by atoms with van der Waals surface area (Å²) in [6, 6.07) is 0. The predicted molar refractivity (Wildman–Crippen MR) is 132 cm³/mol. The molecule has 5 heteroatoms. The minimum absolute atomic E-state index is 0.378. The molecule has 31 heavy (non-hydrogen) atoms. The maximum atomic E-state index is 10.4. The first kappa shape index (κ1) is 30.8. The van der Waals surface area contributed by atoms with Crippen LogP contribution in [0.2, 0.25) is 0 Å². The number of unbranched alkanes of at least 4 members (excludes halogenated alkanes) is 11. The van der Waals surface area contributed by atoms with E-state index in [1.165, 1.54) is 70.6 Å². The van der Waals surface area contributed by atoms with E-state index < -0.39 is 12.2 Å². The minimum atomic E-state index is -0.506. The van der Waals surface area contributed by atoms with E-state index in [1.807, 2.05) is 0 Å². The fourth-order valence-electron chi connectivity index (χ4n) is 3.77. The Morgan fingerprint density at radius 1 is 0.548 bits per heavy atom. The Morgan fingerprint density at radius 2 is 0.935 bits per heavy atom. The zero-order valence-corrected chi connectivity index (χ0v) is 21.2. The second kappa shape index (κ2) is 24.4. The summed E-state index contributed by atoms with van der Waals surface area (Å²) in [5.74, 6) is 0. The van der Waals surface area contributed by atoms with Gasteiger partial charge in [0.15, 0.2) is 0 Å². The molecule has 188 valence electrons. The quantitative estimate of drug-likeness (QED) is 0.180. The van der Waals surface area contributed by atoms with E-state index in [0.717, 1.165) is 39.0 Å². The third kappa shape index (κ3) is 22.8. The van der Waals surface area contributed by atoms with E-state index >= 15 is 0 Å². The van der Waals surface area contributed by atoms with Gasteiger partial charge in [-0.25, -0.2) is 0 Å². The molecule has 0 aliphatic rings. The van der Waals surface area contributed by atoms with Crippen molar-refractivity contribution in [3.8, 4) is 0 Å². The molecule has 0 rings (SSSR count). The molecule has 0 radical (unpaired) electrons. The maximum absolute atomic E-state index is 10.4. The first-order chi connectivity index (χ1) is 15.1. The molecule has 5 nitrogen and oxygen atoms in total. The van der Waals surface area contributed by atoms with Crippen molar-refractivity contribution < 1.29 is 19.7 Å². The van der Waals surface area contributed by atoms with Gasteiger partial charge in [0.05, 0.1) is 25.4 Å². The van der Waals surface area contributed by atoms with Gasteiger partial charge in [0.2, 0.25) is 0 Å². The summed E-state index contributed by atoms with van der Waals surface area (Å²) in [5.41, 5.74) is 0. The molecule has 0 aliphatic carbocycles. The van der Waals surface area contributed by atoms with Gasteiger partial charge in [-0.05, 0) is 25.8 Å². The van der Waals surface area contributed by atoms with Gasteiger partial charge in [-0.15, -0.1) is 0 Å². The second-order valence-corrected chi connectivity index (χ2v) is 9.11. The molecular formula is C26H55NO4. The first-order valence-corrected chi connectivity index (χ1v) is 13.4. The van der Waals surface area contributed by atoms with E-state index in [4.69, 9.17) is 9.47 Å². The van der Waals surface area contributed by atoms with E-state index in [2.05, 4.69) is 25.7 Å². The highest BCUT2D eigenvalue weighted by atomic mass is 16.5. The van der Waals surface area contributed by atoms with Crippen LogP contribution in [0.1, 0.15) is 111 Å². The van der Waals surface area contributed by atoms with Gasteiger partial charge >= 0.3 is 0 Å². The Hall–Kier alpha value is -0.200. The maximum Gasteiger partial charge on any atom is 0.0900 e. The lowest BCUT2D eigenvalue weighted by molar-refractivity contribution is -0.0113. The van der Waals surface area contributed by atoms with Gasteiger partial charge in [0, 0.05) is 26.3 Å². The van der Waals surface area contributed by atoms with Crippen LogP contribution in [0.25, 0.3) is 0 Å². The van der Waals surface area contributed by atoms with Gasteiger partial charge in [0.1, 0.15) is 0 Å². The first-order valence-electron chi connectivity index (χ1n) is 13.4. The van der Waals surface area contributed by atoms with Crippen LogP contribution < -0.4 is 0 Å². The van der Waals surface area contributed by atoms with E-state index in [1.54, 1.807) is 0 Å². The summed E-state index contributed by atoms with van der Waals surface area (Å²) < 4.78 is 11.3. The number of aliphatic hydroxyl groups is 2. The van der Waals surface area contributed by atoms with Crippen LogP contribution in [0.3, 0.4) is 0 Å². The van der Waals surface area contributed by atoms with Crippen molar-refractivity contribution in [2.45, 2.75) is 123 Å². The lowest BCUT2D eigenvalue weighted by Crippen LogP contribution is -2.41. The van der Waals surface area contributed by atoms with E-state index in [9.17, 15) is 10.2 Å². The molecule has 0 heterocycles. The molecule has 0 saturated heterocycles. The lowest BCUT2D eigenvalue weighted by atomic mass is 10.1. The molecule has 0 spiro atoms. The topological polar surface area (TPSA) is 62.2 Å². The number of rotatable bonds is 25. The average Bonchev–Trinajstić information content (AvgIpc) is 2.75. The van der Waals surface area contributed by atoms with Gasteiger partial charge in [0.25, 0.3) is 0 Å². The van der Waals surface area contributed by atoms with Crippen molar-refractivity contribution in [2.24, 2.45) is 0 Å². The van der Waals surface area contributed by atoms with Gasteiger partial charge in [-0.3, -0.25) is 4.90 Å². The molecule has 0 aromatic carbocycles. The fraction of sp³-hybridized carbons (Fsp3) is 1.00. The second-order valence-electron chi connectivity index (χ2n) is 9.11. The van der Waals surface area contributed by atoms with Gasteiger partial charge < -0.3 is 19.7 Å². The van der Waals surface area contributed by atoms with Crippen molar-refractivity contribution in [3.05, 3.63) is 0 Å². The van der Waals surface area contributed by atoms with Crippen molar-refractivity contribution in [2.75, 3.05) is 46.1 Å². The van der Waals surface area contributed by atoms with Crippen LogP contribution in [0.5, 0.6) is 0 Å². The Balaban J connectivity index is 4.17. The molecule has 0 saturated carbocycles. The molecular weight excluding hydrogens is 390 g/mol. The van der Waals surface area contributed by atoms with Gasteiger partial charge in [-0.1, -0.05) is 91.4 Å². The summed E-state index contributed by atoms with van der Waals surface area (Å²) in [7, 11) is 0. The van der Waals surface area contributed by atoms with Crippen LogP contribution in [-0.2, 0) is 9.47 Å². The van der Waals surface area contributed by atoms with Crippen LogP contribution in [0.15, 0.2) is 0 Å². The molecule has 2 unspecified atom stereocenters. The summed E-state index contributed by atoms with van der Waals surface area (Å²) in [6.07, 6.45) is 15.9. The summed E-state index contributed by atoms with van der Waals surface area (Å²) in [5, 5.41) is 20.8. The lowest BCUT2D eigenvalue weighted by Gasteiger charge is -2.27. The van der Waals surface area contributed by atoms with Crippen LogP contribution in [-0.4, -0.2) is 73.4 Å². The zero-order chi connectivity index (χ0) is 23.0. The largest absolute Gasteiger partial charge is 0.389 e. The highest BCUT2D eigenvalue weighted by Gasteiger charge is 2.16. The Morgan fingerprint density at radius 3 is 1.39 bits per heavy atom. The monoisotopic (exact) mass is 445 g/mol. The van der Waals surface area contributed by atoms with Crippen molar-refractivity contribution in [3.63, 3.8) is 0 Å². The molecule has 0 amide bonds. The molecule has 2 atom stereocenters. The summed E-state index contributed by atoms with van der Waals surface area (Å²) in [6.45, 7) is 10.9. The van der Waals surface area contributed by atoms with Gasteiger partial charge in [-0.2, -0.15) is 0 Å². The highest BCUT2D eigenvalue weighted by molar-refractivity contribution is 4.69. The molecule has 0 bridgehead atoms. The smallest absolute Gasteiger partial charge is 0.0900 e. The predicted octanol–water partition coefficient (Wildman–Crippen LogP) is 5.56. The van der Waals surface area contributed by atoms with Crippen LogP contribution in [0, 0.1) is 0 Å². The van der Waals surface area contributed by atoms with Crippen molar-refractivity contribution in [1.29, 1.82) is 0 Å². The number of ether oxygens (including phenoxy) is 2. The average molecular weight is 446 g/mol. The molecule has 2 N–H and O–H groups in total. The zero-order valence-electron chi connectivity index (χ0n) is 21.2. The van der Waals surface area contributed by atoms with E-state index in [0.29, 0.717) is 26.3 Å². The molecule has 0 aromatic heterocycles. The Kier molecular flexibility index (Phi) is 24.3. The standard InChI is InChI=1S/C26H55NO4/c1-4-7-10-13-14-15-18-27(21-25(28)23-30-19-16-11-8-5-2)22-26(29)24-31-20-17-12-9-6-3/h25-26,28-29H,4-24H2,1-3H3. The third-order valence-electron chi connectivity index (χ3n) is 5.67. The summed E-state index contributed by atoms with van der Waals surface area (Å²) >= 11 is 0. The third-order valence-corrected chi connectivity index (χ3v) is 5.67.